The second kappa shape index (κ2) is 7.27. The van der Waals surface area contributed by atoms with E-state index in [9.17, 15) is 9.59 Å². The van der Waals surface area contributed by atoms with Crippen LogP contribution in [-0.2, 0) is 22.6 Å². The number of anilines is 1. The van der Waals surface area contributed by atoms with Crippen molar-refractivity contribution >= 4 is 17.6 Å². The van der Waals surface area contributed by atoms with Crippen molar-refractivity contribution in [3.8, 4) is 0 Å². The number of aliphatic hydroxyl groups is 1. The summed E-state index contributed by atoms with van der Waals surface area (Å²) in [6, 6.07) is 14.3. The molecule has 0 radical (unpaired) electrons. The lowest BCUT2D eigenvalue weighted by Gasteiger charge is -2.29. The van der Waals surface area contributed by atoms with Gasteiger partial charge in [-0.3, -0.25) is 4.79 Å². The largest absolute Gasteiger partial charge is 0.452 e. The van der Waals surface area contributed by atoms with Crippen molar-refractivity contribution in [2.45, 2.75) is 19.4 Å². The number of hydrogen-bond acceptors (Lipinski definition) is 4. The molecule has 0 aromatic heterocycles. The predicted octanol–water partition coefficient (Wildman–Crippen LogP) is 2.32. The van der Waals surface area contributed by atoms with Gasteiger partial charge in [-0.2, -0.15) is 0 Å². The number of esters is 1. The second-order valence-electron chi connectivity index (χ2n) is 5.71. The number of fused-ring (bicyclic) bond motifs is 1. The van der Waals surface area contributed by atoms with E-state index >= 15 is 0 Å². The molecule has 1 heterocycles. The molecule has 0 bridgehead atoms. The number of aryl methyl sites for hydroxylation is 1. The summed E-state index contributed by atoms with van der Waals surface area (Å²) in [6.45, 7) is 0.274. The Morgan fingerprint density at radius 3 is 2.58 bits per heavy atom. The molecule has 0 saturated heterocycles. The van der Waals surface area contributed by atoms with E-state index in [2.05, 4.69) is 0 Å². The molecule has 0 saturated carbocycles. The topological polar surface area (TPSA) is 66.8 Å². The average Bonchev–Trinajstić information content (AvgIpc) is 2.65. The zero-order chi connectivity index (χ0) is 16.9. The molecular weight excluding hydrogens is 306 g/mol. The van der Waals surface area contributed by atoms with Crippen molar-refractivity contribution in [3.05, 3.63) is 65.2 Å². The highest BCUT2D eigenvalue weighted by molar-refractivity contribution is 5.97. The van der Waals surface area contributed by atoms with E-state index in [-0.39, 0.29) is 19.1 Å². The van der Waals surface area contributed by atoms with Gasteiger partial charge in [0, 0.05) is 12.2 Å². The Morgan fingerprint density at radius 1 is 1.08 bits per heavy atom. The van der Waals surface area contributed by atoms with E-state index in [0.717, 1.165) is 24.1 Å². The number of carbonyl (C=O) groups is 2. The van der Waals surface area contributed by atoms with Gasteiger partial charge in [-0.1, -0.05) is 30.3 Å². The summed E-state index contributed by atoms with van der Waals surface area (Å²) in [5, 5.41) is 9.00. The Morgan fingerprint density at radius 2 is 1.83 bits per heavy atom. The smallest absolute Gasteiger partial charge is 0.338 e. The first-order valence-electron chi connectivity index (χ1n) is 7.94. The van der Waals surface area contributed by atoms with Crippen LogP contribution in [-0.4, -0.2) is 30.1 Å². The third-order valence-corrected chi connectivity index (χ3v) is 4.11. The summed E-state index contributed by atoms with van der Waals surface area (Å²) in [5.74, 6) is -0.763. The molecule has 0 spiro atoms. The Kier molecular flexibility index (Phi) is 4.91. The van der Waals surface area contributed by atoms with Crippen LogP contribution in [0.2, 0.25) is 0 Å². The molecule has 0 unspecified atom stereocenters. The van der Waals surface area contributed by atoms with Gasteiger partial charge in [0.15, 0.2) is 6.61 Å². The first-order chi connectivity index (χ1) is 11.7. The maximum atomic E-state index is 12.4. The fraction of sp³-hybridized carbons (Fsp3) is 0.263. The van der Waals surface area contributed by atoms with Crippen LogP contribution in [0.4, 0.5) is 5.69 Å². The lowest BCUT2D eigenvalue weighted by atomic mass is 10.0. The minimum atomic E-state index is -0.543. The Balaban J connectivity index is 1.62. The van der Waals surface area contributed by atoms with Gasteiger partial charge in [0.2, 0.25) is 0 Å². The summed E-state index contributed by atoms with van der Waals surface area (Å²) >= 11 is 0. The van der Waals surface area contributed by atoms with E-state index in [1.807, 2.05) is 24.3 Å². The molecule has 1 aliphatic heterocycles. The monoisotopic (exact) mass is 325 g/mol. The van der Waals surface area contributed by atoms with Crippen LogP contribution in [0.5, 0.6) is 0 Å². The van der Waals surface area contributed by atoms with Crippen molar-refractivity contribution < 1.29 is 19.4 Å². The third-order valence-electron chi connectivity index (χ3n) is 4.11. The zero-order valence-corrected chi connectivity index (χ0v) is 13.3. The summed E-state index contributed by atoms with van der Waals surface area (Å²) in [6.07, 6.45) is 1.86. The molecule has 5 nitrogen and oxygen atoms in total. The summed E-state index contributed by atoms with van der Waals surface area (Å²) in [4.78, 5) is 26.1. The highest BCUT2D eigenvalue weighted by Gasteiger charge is 2.23. The number of rotatable bonds is 4. The van der Waals surface area contributed by atoms with E-state index < -0.39 is 5.97 Å². The molecule has 5 heteroatoms. The van der Waals surface area contributed by atoms with Gasteiger partial charge in [0.05, 0.1) is 12.2 Å². The molecule has 1 aliphatic rings. The number of ether oxygens (including phenoxy) is 1. The van der Waals surface area contributed by atoms with E-state index in [0.29, 0.717) is 17.7 Å². The highest BCUT2D eigenvalue weighted by atomic mass is 16.5. The number of nitrogens with zero attached hydrogens (tertiary/aromatic N) is 1. The maximum Gasteiger partial charge on any atom is 0.338 e. The first-order valence-corrected chi connectivity index (χ1v) is 7.94. The molecule has 24 heavy (non-hydrogen) atoms. The Bertz CT molecular complexity index is 739. The predicted molar refractivity (Wildman–Crippen MR) is 89.8 cm³/mol. The fourth-order valence-electron chi connectivity index (χ4n) is 2.83. The minimum Gasteiger partial charge on any atom is -0.452 e. The van der Waals surface area contributed by atoms with Gasteiger partial charge in [-0.05, 0) is 42.2 Å². The zero-order valence-electron chi connectivity index (χ0n) is 13.3. The Hall–Kier alpha value is -2.66. The number of hydrogen-bond donors (Lipinski definition) is 1. The molecule has 3 rings (SSSR count). The number of para-hydroxylation sites is 1. The van der Waals surface area contributed by atoms with Crippen molar-refractivity contribution in [2.75, 3.05) is 18.1 Å². The number of carbonyl (C=O) groups excluding carboxylic acids is 2. The van der Waals surface area contributed by atoms with Crippen LogP contribution in [0.25, 0.3) is 0 Å². The van der Waals surface area contributed by atoms with E-state index in [1.54, 1.807) is 29.2 Å². The van der Waals surface area contributed by atoms with E-state index in [1.165, 1.54) is 0 Å². The molecule has 1 N–H and O–H groups in total. The fourth-order valence-corrected chi connectivity index (χ4v) is 2.83. The van der Waals surface area contributed by atoms with Gasteiger partial charge in [-0.25, -0.2) is 4.79 Å². The van der Waals surface area contributed by atoms with Crippen LogP contribution in [0, 0.1) is 0 Å². The molecule has 0 atom stereocenters. The second-order valence-corrected chi connectivity index (χ2v) is 5.71. The first kappa shape index (κ1) is 16.2. The molecule has 0 aliphatic carbocycles. The number of amides is 1. The van der Waals surface area contributed by atoms with Crippen molar-refractivity contribution in [3.63, 3.8) is 0 Å². The summed E-state index contributed by atoms with van der Waals surface area (Å²) in [5.41, 5.74) is 3.12. The minimum absolute atomic E-state index is 0.0812. The van der Waals surface area contributed by atoms with Gasteiger partial charge in [0.25, 0.3) is 5.91 Å². The van der Waals surface area contributed by atoms with Crippen LogP contribution in [0.3, 0.4) is 0 Å². The van der Waals surface area contributed by atoms with Gasteiger partial charge in [-0.15, -0.1) is 0 Å². The molecular formula is C19H19NO4. The van der Waals surface area contributed by atoms with Crippen molar-refractivity contribution in [1.82, 2.24) is 0 Å². The quantitative estimate of drug-likeness (QED) is 0.876. The van der Waals surface area contributed by atoms with Crippen LogP contribution < -0.4 is 4.90 Å². The van der Waals surface area contributed by atoms with Gasteiger partial charge >= 0.3 is 5.97 Å². The van der Waals surface area contributed by atoms with Crippen LogP contribution in [0.15, 0.2) is 48.5 Å². The maximum absolute atomic E-state index is 12.4. The number of benzene rings is 2. The van der Waals surface area contributed by atoms with Gasteiger partial charge in [0.1, 0.15) is 0 Å². The average molecular weight is 325 g/mol. The highest BCUT2D eigenvalue weighted by Crippen LogP contribution is 2.26. The standard InChI is InChI=1S/C19H19NO4/c21-12-14-7-9-16(10-8-14)19(23)24-13-18(22)20-11-3-5-15-4-1-2-6-17(15)20/h1-2,4,6-10,21H,3,5,11-13H2. The van der Waals surface area contributed by atoms with Crippen LogP contribution in [0.1, 0.15) is 27.9 Å². The van der Waals surface area contributed by atoms with E-state index in [4.69, 9.17) is 9.84 Å². The summed E-state index contributed by atoms with van der Waals surface area (Å²) in [7, 11) is 0. The van der Waals surface area contributed by atoms with Crippen molar-refractivity contribution in [1.29, 1.82) is 0 Å². The normalized spacial score (nSPS) is 13.3. The number of aliphatic hydroxyl groups excluding tert-OH is 1. The lowest BCUT2D eigenvalue weighted by Crippen LogP contribution is -2.38. The molecule has 0 fully saturated rings. The van der Waals surface area contributed by atoms with Crippen LogP contribution >= 0.6 is 0 Å². The SMILES string of the molecule is O=C(OCC(=O)N1CCCc2ccccc21)c1ccc(CO)cc1. The molecule has 1 amide bonds. The molecule has 2 aromatic carbocycles. The summed E-state index contributed by atoms with van der Waals surface area (Å²) < 4.78 is 5.14. The van der Waals surface area contributed by atoms with Crippen molar-refractivity contribution in [2.24, 2.45) is 0 Å². The molecule has 2 aromatic rings. The lowest BCUT2D eigenvalue weighted by molar-refractivity contribution is -0.121. The molecule has 124 valence electrons. The van der Waals surface area contributed by atoms with Gasteiger partial charge < -0.3 is 14.7 Å². The Labute approximate surface area is 140 Å². The third kappa shape index (κ3) is 3.46.